The fourth-order valence-corrected chi connectivity index (χ4v) is 5.56. The standard InChI is InChI=1S/C20H22N2O4S2/c1-25-16-10-15(11-17(12-16)26-2)19(24)22-21-18(23)13-4-6-14(7-5-13)20-27-8-3-9-28-20/h4-7,10-12,20H,3,8-9H2,1-2H3,(H,21,23)(H,22,24). The maximum atomic E-state index is 12.3. The lowest BCUT2D eigenvalue weighted by Crippen LogP contribution is -2.41. The number of benzene rings is 2. The van der Waals surface area contributed by atoms with Gasteiger partial charge in [0.15, 0.2) is 0 Å². The first-order chi connectivity index (χ1) is 13.6. The summed E-state index contributed by atoms with van der Waals surface area (Å²) < 4.78 is 10.7. The predicted octanol–water partition coefficient (Wildman–Crippen LogP) is 3.65. The molecule has 28 heavy (non-hydrogen) atoms. The molecule has 6 nitrogen and oxygen atoms in total. The molecule has 0 aromatic heterocycles. The molecule has 148 valence electrons. The summed E-state index contributed by atoms with van der Waals surface area (Å²) in [5.41, 5.74) is 6.87. The van der Waals surface area contributed by atoms with Crippen LogP contribution in [0.4, 0.5) is 0 Å². The third kappa shape index (κ3) is 5.14. The summed E-state index contributed by atoms with van der Waals surface area (Å²) in [6.45, 7) is 0. The molecule has 8 heteroatoms. The normalized spacial score (nSPS) is 14.2. The molecule has 2 aromatic carbocycles. The molecule has 2 aromatic rings. The van der Waals surface area contributed by atoms with Gasteiger partial charge in [-0.05, 0) is 47.8 Å². The van der Waals surface area contributed by atoms with E-state index in [4.69, 9.17) is 9.47 Å². The maximum absolute atomic E-state index is 12.3. The monoisotopic (exact) mass is 418 g/mol. The second-order valence-electron chi connectivity index (χ2n) is 6.06. The van der Waals surface area contributed by atoms with E-state index in [0.29, 0.717) is 27.2 Å². The molecular weight excluding hydrogens is 396 g/mol. The number of thioether (sulfide) groups is 2. The molecule has 3 rings (SSSR count). The van der Waals surface area contributed by atoms with E-state index in [-0.39, 0.29) is 5.91 Å². The Morgan fingerprint density at radius 1 is 0.857 bits per heavy atom. The average molecular weight is 419 g/mol. The van der Waals surface area contributed by atoms with Crippen LogP contribution in [-0.4, -0.2) is 37.5 Å². The number of carbonyl (C=O) groups excluding carboxylic acids is 2. The number of nitrogens with one attached hydrogen (secondary N) is 2. The van der Waals surface area contributed by atoms with Crippen molar-refractivity contribution in [3.8, 4) is 11.5 Å². The quantitative estimate of drug-likeness (QED) is 0.722. The molecule has 1 aliphatic heterocycles. The minimum atomic E-state index is -0.461. The summed E-state index contributed by atoms with van der Waals surface area (Å²) in [6, 6.07) is 12.3. The lowest BCUT2D eigenvalue weighted by atomic mass is 10.1. The summed E-state index contributed by atoms with van der Waals surface area (Å²) >= 11 is 3.87. The number of hydrogen-bond donors (Lipinski definition) is 2. The number of rotatable bonds is 5. The van der Waals surface area contributed by atoms with Gasteiger partial charge in [-0.2, -0.15) is 0 Å². The summed E-state index contributed by atoms with van der Waals surface area (Å²) in [6.07, 6.45) is 1.24. The lowest BCUT2D eigenvalue weighted by Gasteiger charge is -2.21. The van der Waals surface area contributed by atoms with Crippen molar-refractivity contribution >= 4 is 35.3 Å². The van der Waals surface area contributed by atoms with Crippen LogP contribution >= 0.6 is 23.5 Å². The molecule has 0 radical (unpaired) electrons. The first-order valence-electron chi connectivity index (χ1n) is 8.77. The van der Waals surface area contributed by atoms with E-state index in [1.807, 2.05) is 35.7 Å². The van der Waals surface area contributed by atoms with Crippen molar-refractivity contribution in [2.45, 2.75) is 11.0 Å². The Morgan fingerprint density at radius 3 is 1.93 bits per heavy atom. The molecule has 1 heterocycles. The van der Waals surface area contributed by atoms with Gasteiger partial charge in [0.2, 0.25) is 0 Å². The van der Waals surface area contributed by atoms with Crippen molar-refractivity contribution in [1.82, 2.24) is 10.9 Å². The highest BCUT2D eigenvalue weighted by Gasteiger charge is 2.17. The third-order valence-electron chi connectivity index (χ3n) is 4.18. The molecule has 1 saturated heterocycles. The van der Waals surface area contributed by atoms with Crippen molar-refractivity contribution in [3.05, 3.63) is 59.2 Å². The Labute approximate surface area is 172 Å². The fraction of sp³-hybridized carbons (Fsp3) is 0.300. The summed E-state index contributed by atoms with van der Waals surface area (Å²) in [7, 11) is 3.01. The van der Waals surface area contributed by atoms with Crippen LogP contribution in [0.25, 0.3) is 0 Å². The second kappa shape index (κ2) is 9.75. The Morgan fingerprint density at radius 2 is 1.39 bits per heavy atom. The van der Waals surface area contributed by atoms with E-state index in [1.54, 1.807) is 30.3 Å². The highest BCUT2D eigenvalue weighted by atomic mass is 32.2. The van der Waals surface area contributed by atoms with Gasteiger partial charge in [0.1, 0.15) is 11.5 Å². The van der Waals surface area contributed by atoms with Crippen LogP contribution in [-0.2, 0) is 0 Å². The van der Waals surface area contributed by atoms with Gasteiger partial charge >= 0.3 is 0 Å². The molecule has 1 fully saturated rings. The highest BCUT2D eigenvalue weighted by molar-refractivity contribution is 8.16. The number of carbonyl (C=O) groups is 2. The minimum Gasteiger partial charge on any atom is -0.497 e. The first kappa shape index (κ1) is 20.4. The van der Waals surface area contributed by atoms with Crippen LogP contribution in [0.1, 0.15) is 37.3 Å². The molecule has 0 bridgehead atoms. The van der Waals surface area contributed by atoms with Crippen LogP contribution in [0.2, 0.25) is 0 Å². The van der Waals surface area contributed by atoms with Gasteiger partial charge in [0, 0.05) is 17.2 Å². The molecule has 2 amide bonds. The zero-order chi connectivity index (χ0) is 19.9. The molecular formula is C20H22N2O4S2. The van der Waals surface area contributed by atoms with Crippen molar-refractivity contribution in [2.24, 2.45) is 0 Å². The summed E-state index contributed by atoms with van der Waals surface area (Å²) in [4.78, 5) is 24.7. The van der Waals surface area contributed by atoms with Crippen LogP contribution in [0.15, 0.2) is 42.5 Å². The van der Waals surface area contributed by atoms with E-state index in [9.17, 15) is 9.59 Å². The van der Waals surface area contributed by atoms with E-state index >= 15 is 0 Å². The average Bonchev–Trinajstić information content (AvgIpc) is 2.77. The van der Waals surface area contributed by atoms with Crippen molar-refractivity contribution < 1.29 is 19.1 Å². The van der Waals surface area contributed by atoms with Crippen LogP contribution in [0.5, 0.6) is 11.5 Å². The van der Waals surface area contributed by atoms with Crippen molar-refractivity contribution in [1.29, 1.82) is 0 Å². The van der Waals surface area contributed by atoms with Crippen LogP contribution < -0.4 is 20.3 Å². The van der Waals surface area contributed by atoms with Crippen molar-refractivity contribution in [2.75, 3.05) is 25.7 Å². The Kier molecular flexibility index (Phi) is 7.11. The summed E-state index contributed by atoms with van der Waals surface area (Å²) in [5.74, 6) is 2.48. The van der Waals surface area contributed by atoms with Gasteiger partial charge in [-0.1, -0.05) is 12.1 Å². The Bertz CT molecular complexity index is 814. The molecule has 0 unspecified atom stereocenters. The smallest absolute Gasteiger partial charge is 0.269 e. The number of ether oxygens (including phenoxy) is 2. The van der Waals surface area contributed by atoms with Crippen LogP contribution in [0.3, 0.4) is 0 Å². The number of hydrazine groups is 1. The maximum Gasteiger partial charge on any atom is 0.269 e. The minimum absolute atomic E-state index is 0.318. The van der Waals surface area contributed by atoms with Gasteiger partial charge in [-0.15, -0.1) is 23.5 Å². The Hall–Kier alpha value is -2.32. The second-order valence-corrected chi connectivity index (χ2v) is 8.78. The highest BCUT2D eigenvalue weighted by Crippen LogP contribution is 2.43. The van der Waals surface area contributed by atoms with E-state index in [0.717, 1.165) is 0 Å². The van der Waals surface area contributed by atoms with Gasteiger partial charge in [0.25, 0.3) is 11.8 Å². The lowest BCUT2D eigenvalue weighted by molar-refractivity contribution is 0.0846. The van der Waals surface area contributed by atoms with E-state index in [2.05, 4.69) is 10.9 Å². The zero-order valence-electron chi connectivity index (χ0n) is 15.7. The largest absolute Gasteiger partial charge is 0.497 e. The topological polar surface area (TPSA) is 76.7 Å². The van der Waals surface area contributed by atoms with E-state index in [1.165, 1.54) is 37.7 Å². The van der Waals surface area contributed by atoms with Gasteiger partial charge < -0.3 is 9.47 Å². The van der Waals surface area contributed by atoms with Crippen molar-refractivity contribution in [3.63, 3.8) is 0 Å². The zero-order valence-corrected chi connectivity index (χ0v) is 17.3. The molecule has 0 spiro atoms. The first-order valence-corrected chi connectivity index (χ1v) is 10.9. The number of amides is 2. The number of methoxy groups -OCH3 is 2. The predicted molar refractivity (Wildman–Crippen MR) is 113 cm³/mol. The number of hydrogen-bond acceptors (Lipinski definition) is 6. The third-order valence-corrected chi connectivity index (χ3v) is 7.19. The van der Waals surface area contributed by atoms with Gasteiger partial charge in [-0.3, -0.25) is 20.4 Å². The molecule has 0 atom stereocenters. The van der Waals surface area contributed by atoms with Gasteiger partial charge in [0.05, 0.1) is 18.8 Å². The SMILES string of the molecule is COc1cc(OC)cc(C(=O)NNC(=O)c2ccc(C3SCCCS3)cc2)c1. The van der Waals surface area contributed by atoms with E-state index < -0.39 is 5.91 Å². The fourth-order valence-electron chi connectivity index (χ4n) is 2.67. The summed E-state index contributed by atoms with van der Waals surface area (Å²) in [5, 5.41) is 0. The Balaban J connectivity index is 1.59. The molecule has 2 N–H and O–H groups in total. The molecule has 0 aliphatic carbocycles. The molecule has 0 saturated carbocycles. The van der Waals surface area contributed by atoms with Gasteiger partial charge in [-0.25, -0.2) is 0 Å². The van der Waals surface area contributed by atoms with Crippen LogP contribution in [0, 0.1) is 0 Å². The molecule has 1 aliphatic rings.